The summed E-state index contributed by atoms with van der Waals surface area (Å²) in [6, 6.07) is 8.09. The van der Waals surface area contributed by atoms with E-state index in [1.165, 1.54) is 0 Å². The molecule has 0 saturated carbocycles. The van der Waals surface area contributed by atoms with Gasteiger partial charge in [-0.25, -0.2) is 4.98 Å². The Kier molecular flexibility index (Phi) is 4.01. The smallest absolute Gasteiger partial charge is 0.137 e. The molecule has 5 heteroatoms. The lowest BCUT2D eigenvalue weighted by atomic mass is 10.2. The Bertz CT molecular complexity index is 609. The first kappa shape index (κ1) is 13.8. The molecule has 1 aliphatic heterocycles. The molecule has 1 fully saturated rings. The topological polar surface area (TPSA) is 41.5 Å². The minimum absolute atomic E-state index is 0.749. The van der Waals surface area contributed by atoms with Gasteiger partial charge in [-0.2, -0.15) is 0 Å². The molecule has 3 heterocycles. The highest BCUT2D eigenvalue weighted by atomic mass is 16.5. The van der Waals surface area contributed by atoms with E-state index in [9.17, 15) is 0 Å². The van der Waals surface area contributed by atoms with Crippen molar-refractivity contribution in [3.63, 3.8) is 0 Å². The van der Waals surface area contributed by atoms with Gasteiger partial charge in [-0.1, -0.05) is 6.07 Å². The minimum atomic E-state index is 0.749. The van der Waals surface area contributed by atoms with Gasteiger partial charge in [0.25, 0.3) is 0 Å². The van der Waals surface area contributed by atoms with Crippen molar-refractivity contribution in [1.29, 1.82) is 0 Å². The van der Waals surface area contributed by atoms with E-state index in [2.05, 4.69) is 34.0 Å². The maximum absolute atomic E-state index is 5.23. The van der Waals surface area contributed by atoms with Gasteiger partial charge in [-0.05, 0) is 25.2 Å². The maximum Gasteiger partial charge on any atom is 0.137 e. The highest BCUT2D eigenvalue weighted by Crippen LogP contribution is 2.23. The molecule has 0 aromatic carbocycles. The van der Waals surface area contributed by atoms with Crippen molar-refractivity contribution < 1.29 is 4.74 Å². The summed E-state index contributed by atoms with van der Waals surface area (Å²) in [5.41, 5.74) is 1.91. The SMILES string of the molecule is COc1cncc(-c2cccc(N3CCN(C)CC3)n2)c1. The number of aromatic nitrogens is 2. The first-order valence-electron chi connectivity index (χ1n) is 7.16. The van der Waals surface area contributed by atoms with E-state index < -0.39 is 0 Å². The highest BCUT2D eigenvalue weighted by Gasteiger charge is 2.15. The zero-order chi connectivity index (χ0) is 14.7. The zero-order valence-corrected chi connectivity index (χ0v) is 12.5. The molecular weight excluding hydrogens is 264 g/mol. The Morgan fingerprint density at radius 1 is 1.10 bits per heavy atom. The summed E-state index contributed by atoms with van der Waals surface area (Å²) in [5.74, 6) is 1.78. The normalized spacial score (nSPS) is 16.0. The van der Waals surface area contributed by atoms with Crippen LogP contribution in [-0.4, -0.2) is 55.2 Å². The number of hydrogen-bond donors (Lipinski definition) is 0. The average Bonchev–Trinajstić information content (AvgIpc) is 2.56. The summed E-state index contributed by atoms with van der Waals surface area (Å²) >= 11 is 0. The number of likely N-dealkylation sites (N-methyl/N-ethyl adjacent to an activating group) is 1. The molecule has 2 aromatic heterocycles. The Morgan fingerprint density at radius 2 is 1.90 bits per heavy atom. The van der Waals surface area contributed by atoms with Crippen LogP contribution in [0.2, 0.25) is 0 Å². The largest absolute Gasteiger partial charge is 0.495 e. The number of anilines is 1. The molecule has 2 aromatic rings. The Balaban J connectivity index is 1.85. The average molecular weight is 284 g/mol. The van der Waals surface area contributed by atoms with Crippen LogP contribution in [0.4, 0.5) is 5.82 Å². The van der Waals surface area contributed by atoms with Crippen molar-refractivity contribution in [2.45, 2.75) is 0 Å². The molecule has 0 spiro atoms. The lowest BCUT2D eigenvalue weighted by Crippen LogP contribution is -2.44. The predicted octanol–water partition coefficient (Wildman–Crippen LogP) is 1.90. The number of pyridine rings is 2. The molecule has 3 rings (SSSR count). The van der Waals surface area contributed by atoms with Crippen LogP contribution in [0.1, 0.15) is 0 Å². The molecular formula is C16H20N4O. The second kappa shape index (κ2) is 6.10. The monoisotopic (exact) mass is 284 g/mol. The fraction of sp³-hybridized carbons (Fsp3) is 0.375. The summed E-state index contributed by atoms with van der Waals surface area (Å²) in [7, 11) is 3.80. The Labute approximate surface area is 125 Å². The fourth-order valence-electron chi connectivity index (χ4n) is 2.47. The van der Waals surface area contributed by atoms with Gasteiger partial charge in [0, 0.05) is 37.9 Å². The van der Waals surface area contributed by atoms with Gasteiger partial charge >= 0.3 is 0 Å². The summed E-state index contributed by atoms with van der Waals surface area (Å²) in [6.45, 7) is 4.19. The van der Waals surface area contributed by atoms with Gasteiger partial charge in [-0.3, -0.25) is 4.98 Å². The number of ether oxygens (including phenoxy) is 1. The van der Waals surface area contributed by atoms with Gasteiger partial charge in [0.15, 0.2) is 0 Å². The van der Waals surface area contributed by atoms with Crippen LogP contribution in [0.25, 0.3) is 11.3 Å². The van der Waals surface area contributed by atoms with Gasteiger partial charge in [0.2, 0.25) is 0 Å². The zero-order valence-electron chi connectivity index (χ0n) is 12.5. The molecule has 1 aliphatic rings. The molecule has 0 unspecified atom stereocenters. The van der Waals surface area contributed by atoms with Crippen LogP contribution in [0.5, 0.6) is 5.75 Å². The van der Waals surface area contributed by atoms with Gasteiger partial charge in [0.05, 0.1) is 19.0 Å². The lowest BCUT2D eigenvalue weighted by Gasteiger charge is -2.33. The summed E-state index contributed by atoms with van der Waals surface area (Å²) in [5, 5.41) is 0. The van der Waals surface area contributed by atoms with E-state index in [4.69, 9.17) is 9.72 Å². The second-order valence-corrected chi connectivity index (χ2v) is 5.28. The lowest BCUT2D eigenvalue weighted by molar-refractivity contribution is 0.312. The number of piperazine rings is 1. The molecule has 1 saturated heterocycles. The van der Waals surface area contributed by atoms with Crippen LogP contribution in [-0.2, 0) is 0 Å². The number of methoxy groups -OCH3 is 1. The molecule has 0 N–H and O–H groups in total. The van der Waals surface area contributed by atoms with E-state index in [-0.39, 0.29) is 0 Å². The number of nitrogens with zero attached hydrogens (tertiary/aromatic N) is 4. The third-order valence-electron chi connectivity index (χ3n) is 3.81. The third-order valence-corrected chi connectivity index (χ3v) is 3.81. The molecule has 0 amide bonds. The number of rotatable bonds is 3. The molecule has 21 heavy (non-hydrogen) atoms. The van der Waals surface area contributed by atoms with E-state index in [0.29, 0.717) is 0 Å². The number of hydrogen-bond acceptors (Lipinski definition) is 5. The molecule has 0 bridgehead atoms. The van der Waals surface area contributed by atoms with Crippen molar-refractivity contribution in [2.75, 3.05) is 45.2 Å². The maximum atomic E-state index is 5.23. The molecule has 0 radical (unpaired) electrons. The fourth-order valence-corrected chi connectivity index (χ4v) is 2.47. The van der Waals surface area contributed by atoms with Crippen molar-refractivity contribution in [2.24, 2.45) is 0 Å². The van der Waals surface area contributed by atoms with E-state index in [0.717, 1.165) is 49.0 Å². The summed E-state index contributed by atoms with van der Waals surface area (Å²) in [4.78, 5) is 13.6. The van der Waals surface area contributed by atoms with Gasteiger partial charge in [-0.15, -0.1) is 0 Å². The van der Waals surface area contributed by atoms with Crippen molar-refractivity contribution in [1.82, 2.24) is 14.9 Å². The van der Waals surface area contributed by atoms with Crippen LogP contribution < -0.4 is 9.64 Å². The van der Waals surface area contributed by atoms with Crippen molar-refractivity contribution >= 4 is 5.82 Å². The Morgan fingerprint density at radius 3 is 2.67 bits per heavy atom. The van der Waals surface area contributed by atoms with Gasteiger partial charge < -0.3 is 14.5 Å². The first-order valence-corrected chi connectivity index (χ1v) is 7.16. The highest BCUT2D eigenvalue weighted by molar-refractivity contribution is 5.62. The third kappa shape index (κ3) is 3.13. The molecule has 0 aliphatic carbocycles. The standard InChI is InChI=1S/C16H20N4O/c1-19-6-8-20(9-7-19)16-5-3-4-15(18-16)13-10-14(21-2)12-17-11-13/h3-5,10-12H,6-9H2,1-2H3. The first-order chi connectivity index (χ1) is 10.3. The van der Waals surface area contributed by atoms with E-state index >= 15 is 0 Å². The van der Waals surface area contributed by atoms with Crippen molar-refractivity contribution in [3.05, 3.63) is 36.7 Å². The molecule has 5 nitrogen and oxygen atoms in total. The Hall–Kier alpha value is -2.14. The van der Waals surface area contributed by atoms with Crippen LogP contribution >= 0.6 is 0 Å². The quantitative estimate of drug-likeness (QED) is 0.861. The summed E-state index contributed by atoms with van der Waals surface area (Å²) in [6.07, 6.45) is 3.52. The van der Waals surface area contributed by atoms with Crippen LogP contribution in [0, 0.1) is 0 Å². The van der Waals surface area contributed by atoms with Crippen LogP contribution in [0.15, 0.2) is 36.7 Å². The summed E-state index contributed by atoms with van der Waals surface area (Å²) < 4.78 is 5.23. The van der Waals surface area contributed by atoms with E-state index in [1.54, 1.807) is 13.3 Å². The minimum Gasteiger partial charge on any atom is -0.495 e. The van der Waals surface area contributed by atoms with E-state index in [1.807, 2.05) is 18.3 Å². The van der Waals surface area contributed by atoms with Gasteiger partial charge in [0.1, 0.15) is 11.6 Å². The van der Waals surface area contributed by atoms with Crippen LogP contribution in [0.3, 0.4) is 0 Å². The second-order valence-electron chi connectivity index (χ2n) is 5.28. The predicted molar refractivity (Wildman–Crippen MR) is 83.7 cm³/mol. The molecule has 0 atom stereocenters. The van der Waals surface area contributed by atoms with Crippen molar-refractivity contribution in [3.8, 4) is 17.0 Å². The molecule has 110 valence electrons.